The van der Waals surface area contributed by atoms with Gasteiger partial charge in [0.2, 0.25) is 0 Å². The Morgan fingerprint density at radius 2 is 1.88 bits per heavy atom. The van der Waals surface area contributed by atoms with Gasteiger partial charge in [-0.2, -0.15) is 5.10 Å². The summed E-state index contributed by atoms with van der Waals surface area (Å²) >= 11 is 0. The third-order valence-corrected chi connectivity index (χ3v) is 5.67. The van der Waals surface area contributed by atoms with Gasteiger partial charge in [-0.1, -0.05) is 19.3 Å². The summed E-state index contributed by atoms with van der Waals surface area (Å²) in [5.74, 6) is 1.27. The second-order valence-corrected chi connectivity index (χ2v) is 7.63. The zero-order chi connectivity index (χ0) is 18.3. The number of carbonyl (C=O) groups excluding carboxylic acids is 1. The van der Waals surface area contributed by atoms with Crippen molar-refractivity contribution in [1.29, 1.82) is 0 Å². The van der Waals surface area contributed by atoms with Crippen LogP contribution in [-0.2, 0) is 0 Å². The number of nitrogens with one attached hydrogen (secondary N) is 1. The van der Waals surface area contributed by atoms with E-state index >= 15 is 0 Å². The number of nitrogens with zero attached hydrogens (tertiary/aromatic N) is 2. The van der Waals surface area contributed by atoms with Crippen LogP contribution in [0, 0.1) is 13.8 Å². The number of hydrogen-bond acceptors (Lipinski definition) is 4. The van der Waals surface area contributed by atoms with Crippen LogP contribution >= 0.6 is 0 Å². The van der Waals surface area contributed by atoms with Gasteiger partial charge in [0.05, 0.1) is 11.7 Å². The molecule has 2 aromatic rings. The Bertz CT molecular complexity index is 886. The largest absolute Gasteiger partial charge is 0.427 e. The molecule has 0 unspecified atom stereocenters. The summed E-state index contributed by atoms with van der Waals surface area (Å²) in [6.45, 7) is 3.71. The Balaban J connectivity index is 1.60. The van der Waals surface area contributed by atoms with Crippen molar-refractivity contribution in [3.63, 3.8) is 0 Å². The minimum absolute atomic E-state index is 0.0879. The molecule has 138 valence electrons. The van der Waals surface area contributed by atoms with Crippen LogP contribution in [0.25, 0.3) is 0 Å². The minimum atomic E-state index is -0.548. The maximum atomic E-state index is 12.8. The standard InChI is InChI=1S/C20H25N3O3/c1-12-10-16(14-6-5-7-14)26-20(25)18(12)19(24)21-17-11-13(2)22-23(17)15-8-3-4-9-15/h10-11,14-15H,3-9H2,1-2H3,(H,21,24). The van der Waals surface area contributed by atoms with E-state index in [1.165, 1.54) is 19.3 Å². The molecule has 26 heavy (non-hydrogen) atoms. The molecule has 2 aromatic heterocycles. The van der Waals surface area contributed by atoms with E-state index in [4.69, 9.17) is 4.42 Å². The maximum Gasteiger partial charge on any atom is 0.349 e. The van der Waals surface area contributed by atoms with Gasteiger partial charge in [0.25, 0.3) is 5.91 Å². The molecule has 0 bridgehead atoms. The van der Waals surface area contributed by atoms with Gasteiger partial charge in [-0.3, -0.25) is 4.79 Å². The molecule has 0 aliphatic heterocycles. The monoisotopic (exact) mass is 355 g/mol. The van der Waals surface area contributed by atoms with E-state index in [9.17, 15) is 9.59 Å². The molecule has 0 spiro atoms. The van der Waals surface area contributed by atoms with Crippen molar-refractivity contribution in [1.82, 2.24) is 9.78 Å². The van der Waals surface area contributed by atoms with E-state index < -0.39 is 11.5 Å². The highest BCUT2D eigenvalue weighted by Crippen LogP contribution is 2.36. The zero-order valence-corrected chi connectivity index (χ0v) is 15.4. The van der Waals surface area contributed by atoms with Gasteiger partial charge in [0.1, 0.15) is 17.1 Å². The molecule has 4 rings (SSSR count). The Morgan fingerprint density at radius 3 is 2.50 bits per heavy atom. The van der Waals surface area contributed by atoms with Crippen molar-refractivity contribution in [2.24, 2.45) is 0 Å². The summed E-state index contributed by atoms with van der Waals surface area (Å²) in [6, 6.07) is 4.02. The fourth-order valence-electron chi connectivity index (χ4n) is 4.02. The normalized spacial score (nSPS) is 18.1. The third-order valence-electron chi connectivity index (χ3n) is 5.67. The summed E-state index contributed by atoms with van der Waals surface area (Å²) < 4.78 is 7.35. The molecule has 1 amide bonds. The van der Waals surface area contributed by atoms with Crippen molar-refractivity contribution >= 4 is 11.7 Å². The van der Waals surface area contributed by atoms with Gasteiger partial charge in [0.15, 0.2) is 0 Å². The molecule has 0 saturated heterocycles. The molecule has 1 N–H and O–H groups in total. The lowest BCUT2D eigenvalue weighted by molar-refractivity contribution is 0.102. The number of anilines is 1. The van der Waals surface area contributed by atoms with Crippen LogP contribution in [0.2, 0.25) is 0 Å². The molecule has 2 heterocycles. The van der Waals surface area contributed by atoms with E-state index in [0.29, 0.717) is 29.1 Å². The third kappa shape index (κ3) is 3.08. The van der Waals surface area contributed by atoms with Gasteiger partial charge in [0, 0.05) is 12.0 Å². The predicted molar refractivity (Wildman–Crippen MR) is 98.7 cm³/mol. The molecule has 0 atom stereocenters. The van der Waals surface area contributed by atoms with Crippen LogP contribution in [0.4, 0.5) is 5.82 Å². The van der Waals surface area contributed by atoms with E-state index in [1.807, 2.05) is 23.7 Å². The van der Waals surface area contributed by atoms with Gasteiger partial charge < -0.3 is 9.73 Å². The zero-order valence-electron chi connectivity index (χ0n) is 15.4. The molecule has 0 radical (unpaired) electrons. The first-order valence-electron chi connectivity index (χ1n) is 9.55. The van der Waals surface area contributed by atoms with E-state index in [2.05, 4.69) is 10.4 Å². The number of amides is 1. The first-order chi connectivity index (χ1) is 12.5. The van der Waals surface area contributed by atoms with E-state index in [0.717, 1.165) is 31.4 Å². The molecule has 0 aromatic carbocycles. The minimum Gasteiger partial charge on any atom is -0.427 e. The highest BCUT2D eigenvalue weighted by atomic mass is 16.4. The Hall–Kier alpha value is -2.37. The van der Waals surface area contributed by atoms with Crippen molar-refractivity contribution in [2.75, 3.05) is 5.32 Å². The lowest BCUT2D eigenvalue weighted by Gasteiger charge is -2.24. The van der Waals surface area contributed by atoms with Crippen LogP contribution < -0.4 is 10.9 Å². The maximum absolute atomic E-state index is 12.8. The Kier molecular flexibility index (Phi) is 4.42. The average Bonchev–Trinajstić information content (AvgIpc) is 3.14. The van der Waals surface area contributed by atoms with Crippen molar-refractivity contribution in [3.8, 4) is 0 Å². The van der Waals surface area contributed by atoms with Gasteiger partial charge in [-0.05, 0) is 51.2 Å². The second-order valence-electron chi connectivity index (χ2n) is 7.63. The number of carbonyl (C=O) groups is 1. The summed E-state index contributed by atoms with van der Waals surface area (Å²) in [7, 11) is 0. The van der Waals surface area contributed by atoms with E-state index in [-0.39, 0.29) is 5.56 Å². The number of rotatable bonds is 4. The topological polar surface area (TPSA) is 77.1 Å². The van der Waals surface area contributed by atoms with Crippen LogP contribution in [0.5, 0.6) is 0 Å². The van der Waals surface area contributed by atoms with Crippen LogP contribution in [-0.4, -0.2) is 15.7 Å². The molecule has 6 nitrogen and oxygen atoms in total. The van der Waals surface area contributed by atoms with Gasteiger partial charge in [-0.15, -0.1) is 0 Å². The van der Waals surface area contributed by atoms with Gasteiger partial charge >= 0.3 is 5.63 Å². The highest BCUT2D eigenvalue weighted by Gasteiger charge is 2.26. The molecular weight excluding hydrogens is 330 g/mol. The lowest BCUT2D eigenvalue weighted by Crippen LogP contribution is -2.25. The Labute approximate surface area is 152 Å². The van der Waals surface area contributed by atoms with Crippen molar-refractivity contribution in [2.45, 2.75) is 70.8 Å². The fraction of sp³-hybridized carbons (Fsp3) is 0.550. The molecule has 2 fully saturated rings. The van der Waals surface area contributed by atoms with Crippen LogP contribution in [0.3, 0.4) is 0 Å². The number of aromatic nitrogens is 2. The fourth-order valence-corrected chi connectivity index (χ4v) is 4.02. The average molecular weight is 355 g/mol. The smallest absolute Gasteiger partial charge is 0.349 e. The van der Waals surface area contributed by atoms with E-state index in [1.54, 1.807) is 6.92 Å². The number of aryl methyl sites for hydroxylation is 2. The molecule has 2 saturated carbocycles. The quantitative estimate of drug-likeness (QED) is 0.896. The highest BCUT2D eigenvalue weighted by molar-refractivity contribution is 6.04. The first kappa shape index (κ1) is 17.1. The Morgan fingerprint density at radius 1 is 1.15 bits per heavy atom. The van der Waals surface area contributed by atoms with Crippen LogP contribution in [0.1, 0.15) is 84.3 Å². The molecule has 6 heteroatoms. The predicted octanol–water partition coefficient (Wildman–Crippen LogP) is 4.09. The molecule has 2 aliphatic carbocycles. The summed E-state index contributed by atoms with van der Waals surface area (Å²) in [4.78, 5) is 25.2. The van der Waals surface area contributed by atoms with Gasteiger partial charge in [-0.25, -0.2) is 9.48 Å². The molecular formula is C20H25N3O3. The summed E-state index contributed by atoms with van der Waals surface area (Å²) in [6.07, 6.45) is 7.77. The number of hydrogen-bond donors (Lipinski definition) is 1. The summed E-state index contributed by atoms with van der Waals surface area (Å²) in [5, 5.41) is 7.42. The SMILES string of the molecule is Cc1cc(NC(=O)c2c(C)cc(C3CCC3)oc2=O)n(C2CCCC2)n1. The first-order valence-corrected chi connectivity index (χ1v) is 9.55. The lowest BCUT2D eigenvalue weighted by atomic mass is 9.83. The summed E-state index contributed by atoms with van der Waals surface area (Å²) in [5.41, 5.74) is 1.07. The second kappa shape index (κ2) is 6.74. The van der Waals surface area contributed by atoms with Crippen molar-refractivity contribution in [3.05, 3.63) is 45.1 Å². The van der Waals surface area contributed by atoms with Crippen molar-refractivity contribution < 1.29 is 9.21 Å². The molecule has 2 aliphatic rings. The van der Waals surface area contributed by atoms with Crippen LogP contribution in [0.15, 0.2) is 21.3 Å².